The predicted molar refractivity (Wildman–Crippen MR) is 67.4 cm³/mol. The van der Waals surface area contributed by atoms with E-state index in [9.17, 15) is 0 Å². The number of aliphatic imine (C=N–C) groups is 1. The number of thioether (sulfide) groups is 1. The summed E-state index contributed by atoms with van der Waals surface area (Å²) in [6.45, 7) is 5.02. The molecular weight excluding hydrogens is 220 g/mol. The molecule has 1 N–H and O–H groups in total. The quantitative estimate of drug-likeness (QED) is 0.851. The molecule has 16 heavy (non-hydrogen) atoms. The molecule has 1 fully saturated rings. The molecule has 1 aliphatic heterocycles. The van der Waals surface area contributed by atoms with Gasteiger partial charge in [-0.05, 0) is 25.5 Å². The maximum Gasteiger partial charge on any atom is 0.157 e. The molecular formula is C11H16N4S. The number of hydrogen-bond donors (Lipinski definition) is 1. The van der Waals surface area contributed by atoms with Crippen LogP contribution in [0.25, 0.3) is 0 Å². The Hall–Kier alpha value is -1.10. The molecule has 4 nitrogen and oxygen atoms in total. The molecule has 2 atom stereocenters. The van der Waals surface area contributed by atoms with Gasteiger partial charge < -0.3 is 5.32 Å². The second kappa shape index (κ2) is 5.30. The van der Waals surface area contributed by atoms with E-state index >= 15 is 0 Å². The molecule has 2 heterocycles. The molecule has 1 saturated heterocycles. The van der Waals surface area contributed by atoms with E-state index in [1.807, 2.05) is 12.1 Å². The molecule has 0 radical (unpaired) electrons. The first-order chi connectivity index (χ1) is 7.74. The molecule has 1 aliphatic rings. The highest BCUT2D eigenvalue weighted by Gasteiger charge is 2.19. The summed E-state index contributed by atoms with van der Waals surface area (Å²) in [5.74, 6) is 0. The Morgan fingerprint density at radius 2 is 2.44 bits per heavy atom. The summed E-state index contributed by atoms with van der Waals surface area (Å²) in [4.78, 5) is 4.52. The number of rotatable bonds is 2. The fourth-order valence-corrected chi connectivity index (χ4v) is 2.87. The molecule has 1 aromatic rings. The minimum absolute atomic E-state index is 0.511. The largest absolute Gasteiger partial charge is 0.362 e. The maximum absolute atomic E-state index is 4.52. The van der Waals surface area contributed by atoms with Gasteiger partial charge in [0.05, 0.1) is 12.2 Å². The zero-order chi connectivity index (χ0) is 11.4. The summed E-state index contributed by atoms with van der Waals surface area (Å²) >= 11 is 1.80. The molecule has 0 aromatic carbocycles. The second-order valence-electron chi connectivity index (χ2n) is 4.05. The predicted octanol–water partition coefficient (Wildman–Crippen LogP) is 1.84. The van der Waals surface area contributed by atoms with E-state index in [1.165, 1.54) is 6.42 Å². The van der Waals surface area contributed by atoms with Crippen molar-refractivity contribution in [2.75, 3.05) is 0 Å². The minimum Gasteiger partial charge on any atom is -0.362 e. The molecule has 2 rings (SSSR count). The monoisotopic (exact) mass is 236 g/mol. The highest BCUT2D eigenvalue weighted by atomic mass is 32.2. The Morgan fingerprint density at radius 3 is 3.12 bits per heavy atom. The van der Waals surface area contributed by atoms with Crippen LogP contribution in [0, 0.1) is 0 Å². The molecule has 86 valence electrons. The lowest BCUT2D eigenvalue weighted by Gasteiger charge is -2.26. The SMILES string of the molecule is CC1CC(C)SC(=NCc2cccnn2)N1. The molecule has 0 spiro atoms. The van der Waals surface area contributed by atoms with E-state index in [0.717, 1.165) is 10.9 Å². The van der Waals surface area contributed by atoms with Gasteiger partial charge in [0.25, 0.3) is 0 Å². The Balaban J connectivity index is 1.97. The highest BCUT2D eigenvalue weighted by Crippen LogP contribution is 2.22. The van der Waals surface area contributed by atoms with Gasteiger partial charge in [-0.15, -0.1) is 0 Å². The third kappa shape index (κ3) is 3.20. The lowest BCUT2D eigenvalue weighted by molar-refractivity contribution is 0.597. The van der Waals surface area contributed by atoms with Crippen LogP contribution in [0.4, 0.5) is 0 Å². The Kier molecular flexibility index (Phi) is 3.77. The van der Waals surface area contributed by atoms with E-state index in [2.05, 4.69) is 34.4 Å². The van der Waals surface area contributed by atoms with Crippen LogP contribution in [0.1, 0.15) is 26.0 Å². The Labute approximate surface area is 100.0 Å². The van der Waals surface area contributed by atoms with E-state index in [-0.39, 0.29) is 0 Å². The van der Waals surface area contributed by atoms with Crippen LogP contribution in [0.2, 0.25) is 0 Å². The normalized spacial score (nSPS) is 27.8. The van der Waals surface area contributed by atoms with E-state index in [4.69, 9.17) is 0 Å². The Morgan fingerprint density at radius 1 is 1.56 bits per heavy atom. The fraction of sp³-hybridized carbons (Fsp3) is 0.545. The van der Waals surface area contributed by atoms with Gasteiger partial charge in [-0.1, -0.05) is 18.7 Å². The zero-order valence-corrected chi connectivity index (χ0v) is 10.4. The number of amidine groups is 1. The average Bonchev–Trinajstić information content (AvgIpc) is 2.27. The summed E-state index contributed by atoms with van der Waals surface area (Å²) in [6.07, 6.45) is 2.86. The van der Waals surface area contributed by atoms with Gasteiger partial charge in [-0.25, -0.2) is 0 Å². The van der Waals surface area contributed by atoms with Gasteiger partial charge in [-0.3, -0.25) is 4.99 Å². The van der Waals surface area contributed by atoms with Crippen molar-refractivity contribution >= 4 is 16.9 Å². The highest BCUT2D eigenvalue weighted by molar-refractivity contribution is 8.14. The molecule has 1 aromatic heterocycles. The van der Waals surface area contributed by atoms with Crippen LogP contribution >= 0.6 is 11.8 Å². The fourth-order valence-electron chi connectivity index (χ4n) is 1.69. The Bertz CT molecular complexity index is 354. The molecule has 0 amide bonds. The molecule has 0 saturated carbocycles. The average molecular weight is 236 g/mol. The first-order valence-electron chi connectivity index (χ1n) is 5.48. The van der Waals surface area contributed by atoms with Crippen LogP contribution in [-0.2, 0) is 6.54 Å². The summed E-state index contributed by atoms with van der Waals surface area (Å²) in [5, 5.41) is 12.9. The number of aromatic nitrogens is 2. The number of hydrogen-bond acceptors (Lipinski definition) is 4. The standard InChI is InChI=1S/C11H16N4S/c1-8-6-9(2)16-11(14-8)12-7-10-4-3-5-13-15-10/h3-5,8-9H,6-7H2,1-2H3,(H,12,14). The van der Waals surface area contributed by atoms with Crippen LogP contribution in [0.5, 0.6) is 0 Å². The van der Waals surface area contributed by atoms with Crippen molar-refractivity contribution < 1.29 is 0 Å². The van der Waals surface area contributed by atoms with Gasteiger partial charge in [0.15, 0.2) is 5.17 Å². The zero-order valence-electron chi connectivity index (χ0n) is 9.55. The molecule has 0 bridgehead atoms. The number of nitrogens with zero attached hydrogens (tertiary/aromatic N) is 3. The molecule has 5 heteroatoms. The topological polar surface area (TPSA) is 50.2 Å². The summed E-state index contributed by atoms with van der Waals surface area (Å²) in [7, 11) is 0. The van der Waals surface area contributed by atoms with Gasteiger partial charge in [0.1, 0.15) is 0 Å². The second-order valence-corrected chi connectivity index (χ2v) is 5.47. The van der Waals surface area contributed by atoms with Gasteiger partial charge in [0.2, 0.25) is 0 Å². The first-order valence-corrected chi connectivity index (χ1v) is 6.36. The summed E-state index contributed by atoms with van der Waals surface area (Å²) < 4.78 is 0. The maximum atomic E-state index is 4.52. The smallest absolute Gasteiger partial charge is 0.157 e. The van der Waals surface area contributed by atoms with E-state index in [0.29, 0.717) is 17.8 Å². The van der Waals surface area contributed by atoms with Crippen molar-refractivity contribution in [2.45, 2.75) is 38.1 Å². The van der Waals surface area contributed by atoms with Gasteiger partial charge in [0, 0.05) is 17.5 Å². The van der Waals surface area contributed by atoms with Crippen LogP contribution < -0.4 is 5.32 Å². The van der Waals surface area contributed by atoms with Crippen molar-refractivity contribution in [1.29, 1.82) is 0 Å². The van der Waals surface area contributed by atoms with Gasteiger partial charge >= 0.3 is 0 Å². The van der Waals surface area contributed by atoms with E-state index < -0.39 is 0 Å². The third-order valence-corrected chi connectivity index (χ3v) is 3.45. The molecule has 2 unspecified atom stereocenters. The lowest BCUT2D eigenvalue weighted by atomic mass is 10.2. The van der Waals surface area contributed by atoms with Crippen molar-refractivity contribution in [3.63, 3.8) is 0 Å². The number of nitrogens with one attached hydrogen (secondary N) is 1. The van der Waals surface area contributed by atoms with E-state index in [1.54, 1.807) is 18.0 Å². The summed E-state index contributed by atoms with van der Waals surface area (Å²) in [5.41, 5.74) is 0.906. The van der Waals surface area contributed by atoms with Crippen LogP contribution in [-0.4, -0.2) is 26.7 Å². The van der Waals surface area contributed by atoms with Crippen molar-refractivity contribution in [1.82, 2.24) is 15.5 Å². The van der Waals surface area contributed by atoms with Crippen molar-refractivity contribution in [3.05, 3.63) is 24.0 Å². The van der Waals surface area contributed by atoms with Gasteiger partial charge in [-0.2, -0.15) is 10.2 Å². The third-order valence-electron chi connectivity index (χ3n) is 2.38. The van der Waals surface area contributed by atoms with Crippen LogP contribution in [0.15, 0.2) is 23.3 Å². The minimum atomic E-state index is 0.511. The lowest BCUT2D eigenvalue weighted by Crippen LogP contribution is -2.38. The first kappa shape index (κ1) is 11.4. The van der Waals surface area contributed by atoms with Crippen molar-refractivity contribution in [3.8, 4) is 0 Å². The van der Waals surface area contributed by atoms with Crippen LogP contribution in [0.3, 0.4) is 0 Å². The molecule has 0 aliphatic carbocycles. The van der Waals surface area contributed by atoms with Crippen molar-refractivity contribution in [2.24, 2.45) is 4.99 Å². The summed E-state index contributed by atoms with van der Waals surface area (Å²) in [6, 6.07) is 4.34.